The Hall–Kier alpha value is -2.74. The maximum atomic E-state index is 12.6. The monoisotopic (exact) mass is 271 g/mol. The van der Waals surface area contributed by atoms with Gasteiger partial charge in [-0.1, -0.05) is 48.5 Å². The quantitative estimate of drug-likeness (QED) is 0.658. The van der Waals surface area contributed by atoms with E-state index >= 15 is 0 Å². The third kappa shape index (κ3) is 1.73. The van der Waals surface area contributed by atoms with Gasteiger partial charge in [0.1, 0.15) is 0 Å². The van der Waals surface area contributed by atoms with Crippen molar-refractivity contribution in [3.8, 4) is 0 Å². The van der Waals surface area contributed by atoms with Crippen LogP contribution in [0.5, 0.6) is 0 Å². The lowest BCUT2D eigenvalue weighted by atomic mass is 10.0. The van der Waals surface area contributed by atoms with E-state index in [1.54, 1.807) is 0 Å². The maximum absolute atomic E-state index is 12.6. The molecule has 0 aliphatic heterocycles. The molecule has 0 atom stereocenters. The first-order valence-corrected chi connectivity index (χ1v) is 6.97. The zero-order valence-electron chi connectivity index (χ0n) is 11.6. The predicted octanol–water partition coefficient (Wildman–Crippen LogP) is 4.36. The number of para-hydroxylation sites is 1. The number of Topliss-reactive ketones (excluding diaryl/α,β-unsaturated/α-hetero) is 1. The molecule has 21 heavy (non-hydrogen) atoms. The number of fused-ring (bicyclic) bond motifs is 2. The normalized spacial score (nSPS) is 13.9. The highest BCUT2D eigenvalue weighted by Gasteiger charge is 2.28. The first-order chi connectivity index (χ1) is 10.3. The van der Waals surface area contributed by atoms with Crippen molar-refractivity contribution in [3.05, 3.63) is 77.5 Å². The molecule has 0 amide bonds. The first-order valence-electron chi connectivity index (χ1n) is 6.97. The summed E-state index contributed by atoms with van der Waals surface area (Å²) in [5.74, 6) is 0.0749. The molecule has 0 bridgehead atoms. The molecule has 1 aromatic heterocycles. The number of ketones is 1. The highest BCUT2D eigenvalue weighted by atomic mass is 16.1. The van der Waals surface area contributed by atoms with Crippen LogP contribution in [0.1, 0.15) is 28.5 Å². The SMILES string of the molecule is CC1=C(c2ccc3ccccc3n2)C(=O)c2ccccc21. The number of hydrogen-bond acceptors (Lipinski definition) is 2. The molecule has 0 spiro atoms. The van der Waals surface area contributed by atoms with Gasteiger partial charge in [0.05, 0.1) is 16.8 Å². The van der Waals surface area contributed by atoms with Gasteiger partial charge >= 0.3 is 0 Å². The van der Waals surface area contributed by atoms with Gasteiger partial charge in [-0.25, -0.2) is 4.98 Å². The van der Waals surface area contributed by atoms with Gasteiger partial charge in [0.2, 0.25) is 0 Å². The summed E-state index contributed by atoms with van der Waals surface area (Å²) in [6.45, 7) is 2.00. The van der Waals surface area contributed by atoms with Crippen molar-refractivity contribution in [1.29, 1.82) is 0 Å². The van der Waals surface area contributed by atoms with Crippen LogP contribution in [0.25, 0.3) is 22.0 Å². The Morgan fingerprint density at radius 3 is 2.33 bits per heavy atom. The lowest BCUT2D eigenvalue weighted by Crippen LogP contribution is -2.00. The van der Waals surface area contributed by atoms with Gasteiger partial charge in [0, 0.05) is 10.9 Å². The molecular formula is C19H13NO. The lowest BCUT2D eigenvalue weighted by Gasteiger charge is -2.04. The van der Waals surface area contributed by atoms with E-state index < -0.39 is 0 Å². The van der Waals surface area contributed by atoms with Crippen molar-refractivity contribution < 1.29 is 4.79 Å². The van der Waals surface area contributed by atoms with Gasteiger partial charge in [0.15, 0.2) is 5.78 Å². The molecular weight excluding hydrogens is 258 g/mol. The third-order valence-electron chi connectivity index (χ3n) is 4.03. The summed E-state index contributed by atoms with van der Waals surface area (Å²) in [5.41, 5.74) is 5.21. The Morgan fingerprint density at radius 1 is 0.810 bits per heavy atom. The standard InChI is InChI=1S/C19H13NO/c1-12-14-7-3-4-8-15(14)19(21)18(12)17-11-10-13-6-2-5-9-16(13)20-17/h2-11H,1H3. The molecule has 0 saturated heterocycles. The summed E-state index contributed by atoms with van der Waals surface area (Å²) < 4.78 is 0. The van der Waals surface area contributed by atoms with Crippen LogP contribution in [0, 0.1) is 0 Å². The molecule has 2 aromatic carbocycles. The Labute approximate surface area is 122 Å². The number of rotatable bonds is 1. The van der Waals surface area contributed by atoms with E-state index in [4.69, 9.17) is 0 Å². The van der Waals surface area contributed by atoms with E-state index in [9.17, 15) is 4.79 Å². The average molecular weight is 271 g/mol. The number of carbonyl (C=O) groups is 1. The first kappa shape index (κ1) is 12.0. The van der Waals surface area contributed by atoms with Crippen LogP contribution in [0.3, 0.4) is 0 Å². The summed E-state index contributed by atoms with van der Waals surface area (Å²) in [7, 11) is 0. The van der Waals surface area contributed by atoms with Gasteiger partial charge in [0.25, 0.3) is 0 Å². The maximum Gasteiger partial charge on any atom is 0.196 e. The van der Waals surface area contributed by atoms with Crippen molar-refractivity contribution in [2.45, 2.75) is 6.92 Å². The van der Waals surface area contributed by atoms with Crippen LogP contribution in [0.4, 0.5) is 0 Å². The largest absolute Gasteiger partial charge is 0.288 e. The van der Waals surface area contributed by atoms with Crippen molar-refractivity contribution in [2.24, 2.45) is 0 Å². The Kier molecular flexibility index (Phi) is 2.51. The van der Waals surface area contributed by atoms with Gasteiger partial charge in [-0.15, -0.1) is 0 Å². The van der Waals surface area contributed by atoms with Crippen LogP contribution in [-0.2, 0) is 0 Å². The summed E-state index contributed by atoms with van der Waals surface area (Å²) in [6, 6.07) is 19.7. The summed E-state index contributed by atoms with van der Waals surface area (Å²) in [4.78, 5) is 17.3. The van der Waals surface area contributed by atoms with Gasteiger partial charge < -0.3 is 0 Å². The van der Waals surface area contributed by atoms with Crippen LogP contribution in [0.2, 0.25) is 0 Å². The van der Waals surface area contributed by atoms with Gasteiger partial charge in [-0.3, -0.25) is 4.79 Å². The van der Waals surface area contributed by atoms with Crippen LogP contribution in [-0.4, -0.2) is 10.8 Å². The minimum Gasteiger partial charge on any atom is -0.288 e. The number of pyridine rings is 1. The van der Waals surface area contributed by atoms with E-state index in [1.807, 2.05) is 67.6 Å². The van der Waals surface area contributed by atoms with Gasteiger partial charge in [-0.05, 0) is 30.2 Å². The fourth-order valence-corrected chi connectivity index (χ4v) is 2.96. The topological polar surface area (TPSA) is 30.0 Å². The number of carbonyl (C=O) groups excluding carboxylic acids is 1. The number of nitrogens with zero attached hydrogens (tertiary/aromatic N) is 1. The zero-order valence-corrected chi connectivity index (χ0v) is 11.6. The van der Waals surface area contributed by atoms with Gasteiger partial charge in [-0.2, -0.15) is 0 Å². The Morgan fingerprint density at radius 2 is 1.52 bits per heavy atom. The second-order valence-corrected chi connectivity index (χ2v) is 5.26. The molecule has 1 aliphatic rings. The number of benzene rings is 2. The fourth-order valence-electron chi connectivity index (χ4n) is 2.96. The molecule has 1 heterocycles. The van der Waals surface area contributed by atoms with E-state index in [2.05, 4.69) is 4.98 Å². The van der Waals surface area contributed by atoms with E-state index in [0.717, 1.165) is 38.9 Å². The van der Waals surface area contributed by atoms with E-state index in [-0.39, 0.29) is 5.78 Å². The average Bonchev–Trinajstić information content (AvgIpc) is 2.79. The molecule has 0 saturated carbocycles. The lowest BCUT2D eigenvalue weighted by molar-refractivity contribution is 0.105. The molecule has 100 valence electrons. The third-order valence-corrected chi connectivity index (χ3v) is 4.03. The highest BCUT2D eigenvalue weighted by Crippen LogP contribution is 2.37. The zero-order chi connectivity index (χ0) is 14.4. The predicted molar refractivity (Wildman–Crippen MR) is 85.0 cm³/mol. The molecule has 0 radical (unpaired) electrons. The summed E-state index contributed by atoms with van der Waals surface area (Å²) in [5, 5.41) is 1.09. The number of hydrogen-bond donors (Lipinski definition) is 0. The van der Waals surface area contributed by atoms with Crippen LogP contribution < -0.4 is 0 Å². The second-order valence-electron chi connectivity index (χ2n) is 5.26. The Balaban J connectivity index is 1.93. The minimum atomic E-state index is 0.0749. The van der Waals surface area contributed by atoms with E-state index in [0.29, 0.717) is 0 Å². The molecule has 3 aromatic rings. The molecule has 2 nitrogen and oxygen atoms in total. The number of allylic oxidation sites excluding steroid dienone is 2. The minimum absolute atomic E-state index is 0.0749. The highest BCUT2D eigenvalue weighted by molar-refractivity contribution is 6.39. The van der Waals surface area contributed by atoms with E-state index in [1.165, 1.54) is 0 Å². The second kappa shape index (κ2) is 4.38. The van der Waals surface area contributed by atoms with Crippen LogP contribution in [0.15, 0.2) is 60.7 Å². The van der Waals surface area contributed by atoms with Crippen LogP contribution >= 0.6 is 0 Å². The summed E-state index contributed by atoms with van der Waals surface area (Å²) in [6.07, 6.45) is 0. The summed E-state index contributed by atoms with van der Waals surface area (Å²) >= 11 is 0. The number of aromatic nitrogens is 1. The van der Waals surface area contributed by atoms with Crippen molar-refractivity contribution in [2.75, 3.05) is 0 Å². The van der Waals surface area contributed by atoms with Crippen molar-refractivity contribution in [3.63, 3.8) is 0 Å². The molecule has 0 fully saturated rings. The molecule has 2 heteroatoms. The molecule has 4 rings (SSSR count). The molecule has 1 aliphatic carbocycles. The molecule has 0 unspecified atom stereocenters. The Bertz CT molecular complexity index is 922. The van der Waals surface area contributed by atoms with Crippen molar-refractivity contribution >= 4 is 27.8 Å². The van der Waals surface area contributed by atoms with Crippen molar-refractivity contribution in [1.82, 2.24) is 4.98 Å². The smallest absolute Gasteiger partial charge is 0.196 e. The fraction of sp³-hybridized carbons (Fsp3) is 0.0526. The molecule has 0 N–H and O–H groups in total.